The third-order valence-electron chi connectivity index (χ3n) is 2.62. The van der Waals surface area contributed by atoms with E-state index in [-0.39, 0.29) is 24.8 Å². The van der Waals surface area contributed by atoms with Gasteiger partial charge in [0.15, 0.2) is 0 Å². The van der Waals surface area contributed by atoms with E-state index in [9.17, 15) is 4.79 Å². The van der Waals surface area contributed by atoms with Crippen molar-refractivity contribution in [3.63, 3.8) is 0 Å². The fourth-order valence-electron chi connectivity index (χ4n) is 1.54. The van der Waals surface area contributed by atoms with Gasteiger partial charge in [-0.25, -0.2) is 4.79 Å². The zero-order valence-corrected chi connectivity index (χ0v) is 13.7. The molecule has 0 aliphatic heterocycles. The number of ether oxygens (including phenoxy) is 1. The lowest BCUT2D eigenvalue weighted by atomic mass is 10.1. The van der Waals surface area contributed by atoms with Crippen molar-refractivity contribution in [1.82, 2.24) is 0 Å². The average Bonchev–Trinajstić information content (AvgIpc) is 2.32. The molecular formula is C13H21Cl3N2O2. The van der Waals surface area contributed by atoms with Gasteiger partial charge in [0.05, 0.1) is 0 Å². The van der Waals surface area contributed by atoms with Crippen molar-refractivity contribution in [3.8, 4) is 5.75 Å². The molecule has 1 rings (SSSR count). The van der Waals surface area contributed by atoms with Gasteiger partial charge in [0.2, 0.25) is 0 Å². The molecule has 0 aromatic heterocycles. The van der Waals surface area contributed by atoms with Crippen molar-refractivity contribution in [2.45, 2.75) is 32.2 Å². The second-order valence-corrected chi connectivity index (χ2v) is 4.66. The number of carbonyl (C=O) groups is 1. The van der Waals surface area contributed by atoms with Crippen molar-refractivity contribution >= 4 is 42.4 Å². The van der Waals surface area contributed by atoms with Gasteiger partial charge in [-0.3, -0.25) is 0 Å². The van der Waals surface area contributed by atoms with Crippen molar-refractivity contribution < 1.29 is 9.53 Å². The highest BCUT2D eigenvalue weighted by Gasteiger charge is 2.16. The normalized spacial score (nSPS) is 11.0. The predicted molar refractivity (Wildman–Crippen MR) is 87.2 cm³/mol. The first-order valence-corrected chi connectivity index (χ1v) is 6.36. The minimum atomic E-state index is -0.605. The average molecular weight is 344 g/mol. The number of esters is 1. The maximum absolute atomic E-state index is 11.7. The van der Waals surface area contributed by atoms with E-state index in [1.54, 1.807) is 18.2 Å². The molecule has 7 heteroatoms. The standard InChI is InChI=1S/C13H19ClN2O2.2ClH/c1-9-8-10(14)5-6-12(9)18-13(17)11(16)4-2-3-7-15;;/h5-6,8,11H,2-4,7,15-16H2,1H3;2*1H/t11-;;/m0../s1. The Morgan fingerprint density at radius 2 is 2.00 bits per heavy atom. The number of hydrogen-bond acceptors (Lipinski definition) is 4. The van der Waals surface area contributed by atoms with E-state index in [4.69, 9.17) is 27.8 Å². The van der Waals surface area contributed by atoms with Crippen LogP contribution in [-0.4, -0.2) is 18.6 Å². The summed E-state index contributed by atoms with van der Waals surface area (Å²) in [5, 5.41) is 0.611. The molecule has 4 nitrogen and oxygen atoms in total. The summed E-state index contributed by atoms with van der Waals surface area (Å²) in [6.07, 6.45) is 2.27. The van der Waals surface area contributed by atoms with Gasteiger partial charge in [-0.2, -0.15) is 0 Å². The summed E-state index contributed by atoms with van der Waals surface area (Å²) in [7, 11) is 0. The van der Waals surface area contributed by atoms with E-state index in [0.717, 1.165) is 18.4 Å². The van der Waals surface area contributed by atoms with Crippen LogP contribution >= 0.6 is 36.4 Å². The highest BCUT2D eigenvalue weighted by molar-refractivity contribution is 6.30. The van der Waals surface area contributed by atoms with Crippen LogP contribution in [0.3, 0.4) is 0 Å². The number of carbonyl (C=O) groups excluding carboxylic acids is 1. The van der Waals surface area contributed by atoms with Gasteiger partial charge in [-0.15, -0.1) is 24.8 Å². The SMILES string of the molecule is Cc1cc(Cl)ccc1OC(=O)[C@@H](N)CCCCN.Cl.Cl. The second-order valence-electron chi connectivity index (χ2n) is 4.22. The molecule has 0 saturated heterocycles. The van der Waals surface area contributed by atoms with Gasteiger partial charge < -0.3 is 16.2 Å². The lowest BCUT2D eigenvalue weighted by Gasteiger charge is -2.12. The van der Waals surface area contributed by atoms with E-state index >= 15 is 0 Å². The molecule has 0 aliphatic rings. The van der Waals surface area contributed by atoms with Gasteiger partial charge in [0.25, 0.3) is 0 Å². The molecule has 0 amide bonds. The molecule has 0 fully saturated rings. The molecule has 0 aliphatic carbocycles. The lowest BCUT2D eigenvalue weighted by Crippen LogP contribution is -2.34. The molecular weight excluding hydrogens is 323 g/mol. The number of benzene rings is 1. The van der Waals surface area contributed by atoms with Crippen molar-refractivity contribution in [2.75, 3.05) is 6.54 Å². The molecule has 0 radical (unpaired) electrons. The van der Waals surface area contributed by atoms with Crippen LogP contribution in [0.4, 0.5) is 0 Å². The summed E-state index contributed by atoms with van der Waals surface area (Å²) >= 11 is 5.82. The van der Waals surface area contributed by atoms with Gasteiger partial charge >= 0.3 is 5.97 Å². The van der Waals surface area contributed by atoms with Crippen molar-refractivity contribution in [1.29, 1.82) is 0 Å². The first-order chi connectivity index (χ1) is 8.54. The Hall–Kier alpha value is -0.520. The predicted octanol–water partition coefficient (Wildman–Crippen LogP) is 2.85. The van der Waals surface area contributed by atoms with Crippen LogP contribution in [-0.2, 0) is 4.79 Å². The van der Waals surface area contributed by atoms with E-state index in [0.29, 0.717) is 23.7 Å². The Kier molecular flexibility index (Phi) is 12.2. The molecule has 0 heterocycles. The summed E-state index contributed by atoms with van der Waals surface area (Å²) in [5.41, 5.74) is 11.9. The van der Waals surface area contributed by atoms with Gasteiger partial charge in [0, 0.05) is 5.02 Å². The van der Waals surface area contributed by atoms with Gasteiger partial charge in [-0.05, 0) is 50.1 Å². The first kappa shape index (κ1) is 21.8. The van der Waals surface area contributed by atoms with Crippen LogP contribution in [0.5, 0.6) is 5.75 Å². The Labute approximate surface area is 137 Å². The molecule has 0 unspecified atom stereocenters. The fourth-order valence-corrected chi connectivity index (χ4v) is 1.76. The molecule has 1 aromatic carbocycles. The van der Waals surface area contributed by atoms with Gasteiger partial charge in [0.1, 0.15) is 11.8 Å². The van der Waals surface area contributed by atoms with E-state index in [2.05, 4.69) is 0 Å². The smallest absolute Gasteiger partial charge is 0.328 e. The summed E-state index contributed by atoms with van der Waals surface area (Å²) in [6.45, 7) is 2.44. The molecule has 0 bridgehead atoms. The molecule has 4 N–H and O–H groups in total. The fraction of sp³-hybridized carbons (Fsp3) is 0.462. The van der Waals surface area contributed by atoms with Crippen LogP contribution in [0.15, 0.2) is 18.2 Å². The zero-order chi connectivity index (χ0) is 13.5. The van der Waals surface area contributed by atoms with Crippen LogP contribution in [0.2, 0.25) is 5.02 Å². The third-order valence-corrected chi connectivity index (χ3v) is 2.85. The Bertz CT molecular complexity index is 417. The number of aryl methyl sites for hydroxylation is 1. The maximum Gasteiger partial charge on any atom is 0.328 e. The Balaban J connectivity index is 0. The van der Waals surface area contributed by atoms with Crippen LogP contribution in [0, 0.1) is 6.92 Å². The van der Waals surface area contributed by atoms with E-state index in [1.807, 2.05) is 6.92 Å². The minimum absolute atomic E-state index is 0. The number of rotatable bonds is 6. The zero-order valence-electron chi connectivity index (χ0n) is 11.3. The molecule has 0 spiro atoms. The lowest BCUT2D eigenvalue weighted by molar-refractivity contribution is -0.136. The highest BCUT2D eigenvalue weighted by atomic mass is 35.5. The number of nitrogens with two attached hydrogens (primary N) is 2. The third kappa shape index (κ3) is 7.31. The molecule has 20 heavy (non-hydrogen) atoms. The van der Waals surface area contributed by atoms with Crippen molar-refractivity contribution in [2.24, 2.45) is 11.5 Å². The van der Waals surface area contributed by atoms with E-state index < -0.39 is 12.0 Å². The second kappa shape index (κ2) is 11.2. The van der Waals surface area contributed by atoms with Gasteiger partial charge in [-0.1, -0.05) is 18.0 Å². The number of hydrogen-bond donors (Lipinski definition) is 2. The molecule has 116 valence electrons. The molecule has 1 aromatic rings. The summed E-state index contributed by atoms with van der Waals surface area (Å²) in [6, 6.07) is 4.48. The Morgan fingerprint density at radius 1 is 1.35 bits per heavy atom. The summed E-state index contributed by atoms with van der Waals surface area (Å²) in [4.78, 5) is 11.7. The van der Waals surface area contributed by atoms with Crippen LogP contribution in [0.25, 0.3) is 0 Å². The minimum Gasteiger partial charge on any atom is -0.425 e. The molecule has 0 saturated carbocycles. The largest absolute Gasteiger partial charge is 0.425 e. The Morgan fingerprint density at radius 3 is 2.55 bits per heavy atom. The number of unbranched alkanes of at least 4 members (excludes halogenated alkanes) is 1. The molecule has 1 atom stereocenters. The van der Waals surface area contributed by atoms with Crippen molar-refractivity contribution in [3.05, 3.63) is 28.8 Å². The van der Waals surface area contributed by atoms with E-state index in [1.165, 1.54) is 0 Å². The first-order valence-electron chi connectivity index (χ1n) is 5.98. The topological polar surface area (TPSA) is 78.3 Å². The summed E-state index contributed by atoms with van der Waals surface area (Å²) in [5.74, 6) is 0.0797. The monoisotopic (exact) mass is 342 g/mol. The van der Waals surface area contributed by atoms with Crippen LogP contribution in [0.1, 0.15) is 24.8 Å². The highest BCUT2D eigenvalue weighted by Crippen LogP contribution is 2.22. The van der Waals surface area contributed by atoms with Crippen LogP contribution < -0.4 is 16.2 Å². The number of halogens is 3. The maximum atomic E-state index is 11.7. The summed E-state index contributed by atoms with van der Waals surface area (Å²) < 4.78 is 5.24. The quantitative estimate of drug-likeness (QED) is 0.473.